The van der Waals surface area contributed by atoms with Gasteiger partial charge in [0.15, 0.2) is 0 Å². The monoisotopic (exact) mass is 415 g/mol. The maximum atomic E-state index is 12.6. The molecule has 0 aliphatic carbocycles. The maximum Gasteiger partial charge on any atom is 0.342 e. The summed E-state index contributed by atoms with van der Waals surface area (Å²) in [5.41, 5.74) is 1.92. The Morgan fingerprint density at radius 3 is 2.28 bits per heavy atom. The van der Waals surface area contributed by atoms with Gasteiger partial charge in [-0.25, -0.2) is 14.6 Å². The van der Waals surface area contributed by atoms with Gasteiger partial charge < -0.3 is 14.8 Å². The molecule has 2 aromatic rings. The minimum absolute atomic E-state index is 0.0384. The van der Waals surface area contributed by atoms with Crippen molar-refractivity contribution in [3.63, 3.8) is 0 Å². The third kappa shape index (κ3) is 4.55. The lowest BCUT2D eigenvalue weighted by molar-refractivity contribution is -0.142. The van der Waals surface area contributed by atoms with E-state index >= 15 is 0 Å². The molecule has 1 aliphatic heterocycles. The molecule has 1 aliphatic rings. The summed E-state index contributed by atoms with van der Waals surface area (Å²) in [7, 11) is 2.58. The Labute approximate surface area is 172 Å². The summed E-state index contributed by atoms with van der Waals surface area (Å²) in [6.07, 6.45) is 0. The van der Waals surface area contributed by atoms with E-state index in [4.69, 9.17) is 16.3 Å². The molecule has 2 aromatic carbocycles. The normalized spacial score (nSPS) is 15.5. The van der Waals surface area contributed by atoms with E-state index in [-0.39, 0.29) is 6.54 Å². The summed E-state index contributed by atoms with van der Waals surface area (Å²) in [6.45, 7) is 0.0384. The van der Waals surface area contributed by atoms with Gasteiger partial charge in [0.2, 0.25) is 0 Å². The van der Waals surface area contributed by atoms with Crippen LogP contribution in [0.5, 0.6) is 0 Å². The van der Waals surface area contributed by atoms with Gasteiger partial charge in [-0.15, -0.1) is 0 Å². The van der Waals surface area contributed by atoms with Crippen molar-refractivity contribution in [1.29, 1.82) is 0 Å². The average Bonchev–Trinajstić information content (AvgIpc) is 3.19. The number of methoxy groups -OCH3 is 2. The number of ether oxygens (including phenoxy) is 2. The Kier molecular flexibility index (Phi) is 6.13. The molecule has 8 nitrogen and oxygen atoms in total. The van der Waals surface area contributed by atoms with E-state index in [1.54, 1.807) is 36.4 Å². The Hall–Kier alpha value is -3.39. The molecule has 0 spiro atoms. The molecular formula is C20H18ClN3O5. The van der Waals surface area contributed by atoms with Gasteiger partial charge >= 0.3 is 18.0 Å². The number of amides is 2. The fraction of sp³-hybridized carbons (Fsp3) is 0.200. The van der Waals surface area contributed by atoms with Crippen LogP contribution in [0.25, 0.3) is 0 Å². The molecule has 0 bridgehead atoms. The first-order valence-electron chi connectivity index (χ1n) is 8.62. The van der Waals surface area contributed by atoms with Gasteiger partial charge in [0.05, 0.1) is 32.0 Å². The van der Waals surface area contributed by atoms with Crippen LogP contribution in [0.4, 0.5) is 10.5 Å². The fourth-order valence-electron chi connectivity index (χ4n) is 2.83. The first-order valence-corrected chi connectivity index (χ1v) is 9.00. The number of carbonyl (C=O) groups is 3. The highest BCUT2D eigenvalue weighted by molar-refractivity contribution is 6.30. The number of anilines is 1. The number of hydrogen-bond donors (Lipinski definition) is 1. The number of rotatable bonds is 4. The molecular weight excluding hydrogens is 398 g/mol. The molecule has 0 radical (unpaired) electrons. The van der Waals surface area contributed by atoms with Crippen molar-refractivity contribution in [2.75, 3.05) is 26.1 Å². The van der Waals surface area contributed by atoms with Crippen molar-refractivity contribution in [2.24, 2.45) is 11.0 Å². The van der Waals surface area contributed by atoms with Crippen molar-refractivity contribution in [3.05, 3.63) is 64.7 Å². The van der Waals surface area contributed by atoms with Crippen LogP contribution in [0.1, 0.15) is 15.9 Å². The van der Waals surface area contributed by atoms with Crippen LogP contribution >= 0.6 is 11.6 Å². The molecule has 2 amide bonds. The molecule has 1 N–H and O–H groups in total. The summed E-state index contributed by atoms with van der Waals surface area (Å²) >= 11 is 5.92. The fourth-order valence-corrected chi connectivity index (χ4v) is 2.96. The Morgan fingerprint density at radius 1 is 1.03 bits per heavy atom. The number of esters is 2. The average molecular weight is 416 g/mol. The van der Waals surface area contributed by atoms with Gasteiger partial charge in [-0.05, 0) is 42.0 Å². The highest BCUT2D eigenvalue weighted by Crippen LogP contribution is 2.23. The largest absolute Gasteiger partial charge is 0.468 e. The second-order valence-corrected chi connectivity index (χ2v) is 6.59. The highest BCUT2D eigenvalue weighted by atomic mass is 35.5. The zero-order chi connectivity index (χ0) is 21.0. The van der Waals surface area contributed by atoms with Crippen LogP contribution in [0.15, 0.2) is 53.6 Å². The maximum absolute atomic E-state index is 12.6. The van der Waals surface area contributed by atoms with Crippen LogP contribution in [0, 0.1) is 5.92 Å². The molecule has 29 heavy (non-hydrogen) atoms. The summed E-state index contributed by atoms with van der Waals surface area (Å²) in [6, 6.07) is 12.5. The lowest BCUT2D eigenvalue weighted by Crippen LogP contribution is -2.33. The molecule has 9 heteroatoms. The van der Waals surface area contributed by atoms with Crippen LogP contribution in [0.3, 0.4) is 0 Å². The van der Waals surface area contributed by atoms with E-state index in [0.717, 1.165) is 0 Å². The smallest absolute Gasteiger partial charge is 0.342 e. The van der Waals surface area contributed by atoms with Crippen LogP contribution in [-0.2, 0) is 14.3 Å². The molecule has 3 rings (SSSR count). The highest BCUT2D eigenvalue weighted by Gasteiger charge is 2.36. The number of nitrogens with zero attached hydrogens (tertiary/aromatic N) is 2. The van der Waals surface area contributed by atoms with Gasteiger partial charge in [-0.1, -0.05) is 23.7 Å². The standard InChI is InChI=1S/C20H18ClN3O5/c1-28-18(25)13-5-9-15(10-6-13)22-20(27)24-11-16(19(26)29-2)17(23-24)12-3-7-14(21)8-4-12/h3-10,16H,11H2,1-2H3,(H,22,27). The molecule has 0 saturated heterocycles. The number of carbonyl (C=O) groups excluding carboxylic acids is 3. The summed E-state index contributed by atoms with van der Waals surface area (Å²) < 4.78 is 9.49. The Balaban J connectivity index is 1.78. The van der Waals surface area contributed by atoms with E-state index in [1.807, 2.05) is 0 Å². The van der Waals surface area contributed by atoms with Crippen molar-refractivity contribution >= 4 is 41.0 Å². The SMILES string of the molecule is COC(=O)c1ccc(NC(=O)N2CC(C(=O)OC)C(c3ccc(Cl)cc3)=N2)cc1. The molecule has 0 fully saturated rings. The van der Waals surface area contributed by atoms with E-state index in [9.17, 15) is 14.4 Å². The number of urea groups is 1. The zero-order valence-corrected chi connectivity index (χ0v) is 16.5. The van der Waals surface area contributed by atoms with E-state index < -0.39 is 23.9 Å². The van der Waals surface area contributed by atoms with Crippen LogP contribution in [-0.4, -0.2) is 49.5 Å². The second kappa shape index (κ2) is 8.74. The molecule has 1 heterocycles. The first-order chi connectivity index (χ1) is 13.9. The summed E-state index contributed by atoms with van der Waals surface area (Å²) in [4.78, 5) is 36.3. The first kappa shape index (κ1) is 20.3. The predicted molar refractivity (Wildman–Crippen MR) is 107 cm³/mol. The van der Waals surface area contributed by atoms with Gasteiger partial charge in [0.1, 0.15) is 5.92 Å². The third-order valence-corrected chi connectivity index (χ3v) is 4.58. The third-order valence-electron chi connectivity index (χ3n) is 4.33. The summed E-state index contributed by atoms with van der Waals surface area (Å²) in [5.74, 6) is -1.68. The van der Waals surface area contributed by atoms with Crippen molar-refractivity contribution in [2.45, 2.75) is 0 Å². The van der Waals surface area contributed by atoms with Crippen molar-refractivity contribution in [3.8, 4) is 0 Å². The molecule has 1 atom stereocenters. The second-order valence-electron chi connectivity index (χ2n) is 6.15. The quantitative estimate of drug-likeness (QED) is 0.773. The number of hydrogen-bond acceptors (Lipinski definition) is 6. The van der Waals surface area contributed by atoms with E-state index in [0.29, 0.717) is 27.5 Å². The minimum atomic E-state index is -0.714. The van der Waals surface area contributed by atoms with Gasteiger partial charge in [-0.2, -0.15) is 5.10 Å². The Morgan fingerprint density at radius 2 is 1.69 bits per heavy atom. The number of halogens is 1. The lowest BCUT2D eigenvalue weighted by Gasteiger charge is -2.14. The van der Waals surface area contributed by atoms with Crippen LogP contribution < -0.4 is 5.32 Å². The number of nitrogens with one attached hydrogen (secondary N) is 1. The van der Waals surface area contributed by atoms with E-state index in [1.165, 1.54) is 31.4 Å². The van der Waals surface area contributed by atoms with E-state index in [2.05, 4.69) is 15.2 Å². The zero-order valence-electron chi connectivity index (χ0n) is 15.7. The molecule has 0 saturated carbocycles. The molecule has 150 valence electrons. The summed E-state index contributed by atoms with van der Waals surface area (Å²) in [5, 5.41) is 8.71. The number of hydrazone groups is 1. The van der Waals surface area contributed by atoms with Crippen molar-refractivity contribution in [1.82, 2.24) is 5.01 Å². The topological polar surface area (TPSA) is 97.3 Å². The van der Waals surface area contributed by atoms with Crippen molar-refractivity contribution < 1.29 is 23.9 Å². The van der Waals surface area contributed by atoms with Gasteiger partial charge in [0, 0.05) is 10.7 Å². The van der Waals surface area contributed by atoms with Crippen LogP contribution in [0.2, 0.25) is 5.02 Å². The molecule has 0 aromatic heterocycles. The minimum Gasteiger partial charge on any atom is -0.468 e. The van der Waals surface area contributed by atoms with Gasteiger partial charge in [0.25, 0.3) is 0 Å². The number of benzene rings is 2. The lowest BCUT2D eigenvalue weighted by atomic mass is 9.98. The predicted octanol–water partition coefficient (Wildman–Crippen LogP) is 3.17. The Bertz CT molecular complexity index is 957. The molecule has 1 unspecified atom stereocenters. The van der Waals surface area contributed by atoms with Gasteiger partial charge in [-0.3, -0.25) is 4.79 Å².